The van der Waals surface area contributed by atoms with Crippen molar-refractivity contribution in [1.29, 1.82) is 0 Å². The zero-order chi connectivity index (χ0) is 22.8. The van der Waals surface area contributed by atoms with Crippen molar-refractivity contribution in [2.45, 2.75) is 72.3 Å². The van der Waals surface area contributed by atoms with Gasteiger partial charge >= 0.3 is 0 Å². The molecule has 2 N–H and O–H groups in total. The first-order valence-corrected chi connectivity index (χ1v) is 11.6. The van der Waals surface area contributed by atoms with Gasteiger partial charge < -0.3 is 15.2 Å². The van der Waals surface area contributed by atoms with Gasteiger partial charge in [0.05, 0.1) is 13.2 Å². The van der Waals surface area contributed by atoms with Crippen molar-refractivity contribution in [2.75, 3.05) is 12.4 Å². The molecule has 0 unspecified atom stereocenters. The van der Waals surface area contributed by atoms with Crippen molar-refractivity contribution in [3.63, 3.8) is 0 Å². The van der Waals surface area contributed by atoms with Crippen molar-refractivity contribution in [1.82, 2.24) is 0 Å². The fourth-order valence-electron chi connectivity index (χ4n) is 6.22. The Morgan fingerprint density at radius 3 is 2.58 bits per heavy atom. The number of rotatable bonds is 6. The van der Waals surface area contributed by atoms with Crippen LogP contribution in [0.5, 0.6) is 5.75 Å². The van der Waals surface area contributed by atoms with Crippen molar-refractivity contribution in [3.8, 4) is 5.75 Å². The summed E-state index contributed by atoms with van der Waals surface area (Å²) in [5.41, 5.74) is 3.30. The molecule has 0 bridgehead atoms. The number of allylic oxidation sites excluding steroid dienone is 2. The fraction of sp³-hybridized carbons (Fsp3) is 0.593. The molecule has 170 valence electrons. The highest BCUT2D eigenvalue weighted by Crippen LogP contribution is 2.61. The second-order valence-corrected chi connectivity index (χ2v) is 10.4. The van der Waals surface area contributed by atoms with Crippen LogP contribution in [0.1, 0.15) is 66.2 Å². The van der Waals surface area contributed by atoms with E-state index in [1.807, 2.05) is 31.2 Å². The van der Waals surface area contributed by atoms with E-state index in [9.17, 15) is 9.90 Å². The molecular formula is C27H39NO3. The summed E-state index contributed by atoms with van der Waals surface area (Å²) in [5.74, 6) is 1.60. The molecule has 4 atom stereocenters. The number of amides is 1. The molecule has 4 nitrogen and oxygen atoms in total. The number of methoxy groups -OCH3 is 1. The molecule has 0 heterocycles. The van der Waals surface area contributed by atoms with Gasteiger partial charge in [0.1, 0.15) is 5.75 Å². The minimum absolute atomic E-state index is 0.0604. The summed E-state index contributed by atoms with van der Waals surface area (Å²) in [4.78, 5) is 12.4. The minimum Gasteiger partial charge on any atom is -0.497 e. The van der Waals surface area contributed by atoms with E-state index in [1.165, 1.54) is 5.57 Å². The smallest absolute Gasteiger partial charge is 0.248 e. The number of hydrogen-bond acceptors (Lipinski definition) is 3. The minimum atomic E-state index is -0.221. The molecule has 0 aromatic heterocycles. The number of ether oxygens (including phenoxy) is 1. The number of nitrogens with one attached hydrogen (secondary N) is 1. The van der Waals surface area contributed by atoms with Crippen LogP contribution in [0.2, 0.25) is 0 Å². The van der Waals surface area contributed by atoms with Crippen molar-refractivity contribution in [3.05, 3.63) is 48.1 Å². The third kappa shape index (κ3) is 4.90. The van der Waals surface area contributed by atoms with E-state index in [1.54, 1.807) is 13.2 Å². The van der Waals surface area contributed by atoms with E-state index in [0.29, 0.717) is 11.8 Å². The Morgan fingerprint density at radius 2 is 1.94 bits per heavy atom. The lowest BCUT2D eigenvalue weighted by atomic mass is 9.46. The number of carbonyl (C=O) groups is 1. The van der Waals surface area contributed by atoms with Crippen molar-refractivity contribution in [2.24, 2.45) is 22.7 Å². The number of benzene rings is 1. The summed E-state index contributed by atoms with van der Waals surface area (Å²) < 4.78 is 5.16. The number of carbonyl (C=O) groups excluding carboxylic acids is 1. The Kier molecular flexibility index (Phi) is 7.00. The molecule has 3 rings (SSSR count). The van der Waals surface area contributed by atoms with Gasteiger partial charge in [-0.2, -0.15) is 0 Å². The van der Waals surface area contributed by atoms with Gasteiger partial charge in [-0.05, 0) is 92.4 Å². The monoisotopic (exact) mass is 425 g/mol. The summed E-state index contributed by atoms with van der Waals surface area (Å²) in [6.45, 7) is 13.4. The van der Waals surface area contributed by atoms with Gasteiger partial charge in [0.2, 0.25) is 5.91 Å². The average Bonchev–Trinajstić information content (AvgIpc) is 2.71. The molecule has 2 aliphatic rings. The van der Waals surface area contributed by atoms with Crippen LogP contribution in [0.25, 0.3) is 0 Å². The Balaban J connectivity index is 1.64. The molecule has 2 saturated carbocycles. The molecule has 2 fully saturated rings. The lowest BCUT2D eigenvalue weighted by Crippen LogP contribution is -2.54. The molecule has 0 radical (unpaired) electrons. The zero-order valence-electron chi connectivity index (χ0n) is 19.8. The van der Waals surface area contributed by atoms with Crippen molar-refractivity contribution >= 4 is 11.6 Å². The predicted molar refractivity (Wildman–Crippen MR) is 127 cm³/mol. The zero-order valence-corrected chi connectivity index (χ0v) is 19.8. The number of aliphatic hydroxyl groups is 1. The van der Waals surface area contributed by atoms with Gasteiger partial charge in [-0.25, -0.2) is 0 Å². The van der Waals surface area contributed by atoms with Gasteiger partial charge in [-0.3, -0.25) is 4.79 Å². The van der Waals surface area contributed by atoms with E-state index >= 15 is 0 Å². The standard InChI is InChI=1S/C27H39NO3/c1-18(17-25(30)28-20-9-11-21(31-6)12-10-20)7-13-22-19(2)8-14-23-26(3,4)24(29)15-16-27(22,23)5/h9-12,17,22-24,29H,2,7-8,13-16H2,1,3-6H3,(H,28,30)/t22-,23-,24-,27+/m1/s1. The SMILES string of the molecule is C=C1CC[C@@H]2C(C)(C)[C@H](O)CC[C@@]2(C)[C@@H]1CCC(C)=CC(=O)Nc1ccc(OC)cc1. The average molecular weight is 426 g/mol. The molecular weight excluding hydrogens is 386 g/mol. The number of hydrogen-bond donors (Lipinski definition) is 2. The molecule has 0 spiro atoms. The molecule has 4 heteroatoms. The maximum Gasteiger partial charge on any atom is 0.248 e. The summed E-state index contributed by atoms with van der Waals surface area (Å²) in [7, 11) is 1.62. The highest BCUT2D eigenvalue weighted by Gasteiger charge is 2.55. The molecule has 31 heavy (non-hydrogen) atoms. The number of anilines is 1. The largest absolute Gasteiger partial charge is 0.497 e. The van der Waals surface area contributed by atoms with Crippen LogP contribution in [0.15, 0.2) is 48.1 Å². The Hall–Kier alpha value is -2.07. The van der Waals surface area contributed by atoms with E-state index in [4.69, 9.17) is 4.74 Å². The van der Waals surface area contributed by atoms with E-state index in [-0.39, 0.29) is 22.8 Å². The maximum absolute atomic E-state index is 12.4. The first kappa shape index (κ1) is 23.6. The van der Waals surface area contributed by atoms with Crippen LogP contribution < -0.4 is 10.1 Å². The third-order valence-electron chi connectivity index (χ3n) is 8.11. The van der Waals surface area contributed by atoms with Gasteiger partial charge in [0.25, 0.3) is 0 Å². The summed E-state index contributed by atoms with van der Waals surface area (Å²) in [6, 6.07) is 7.35. The van der Waals surface area contributed by atoms with Crippen LogP contribution in [0, 0.1) is 22.7 Å². The highest BCUT2D eigenvalue weighted by molar-refractivity contribution is 5.99. The second kappa shape index (κ2) is 9.20. The Morgan fingerprint density at radius 1 is 1.26 bits per heavy atom. The fourth-order valence-corrected chi connectivity index (χ4v) is 6.22. The molecule has 1 amide bonds. The van der Waals surface area contributed by atoms with Gasteiger partial charge in [-0.1, -0.05) is 38.5 Å². The quantitative estimate of drug-likeness (QED) is 0.426. The topological polar surface area (TPSA) is 58.6 Å². The summed E-state index contributed by atoms with van der Waals surface area (Å²) >= 11 is 0. The first-order valence-electron chi connectivity index (χ1n) is 11.6. The molecule has 1 aromatic rings. The first-order chi connectivity index (χ1) is 14.6. The van der Waals surface area contributed by atoms with Crippen molar-refractivity contribution < 1.29 is 14.6 Å². The third-order valence-corrected chi connectivity index (χ3v) is 8.11. The number of aliphatic hydroxyl groups excluding tert-OH is 1. The molecule has 1 aromatic carbocycles. The van der Waals surface area contributed by atoms with E-state index in [2.05, 4.69) is 32.7 Å². The summed E-state index contributed by atoms with van der Waals surface area (Å²) in [6.07, 6.45) is 7.46. The molecule has 0 aliphatic heterocycles. The molecule has 0 saturated heterocycles. The van der Waals surface area contributed by atoms with Crippen LogP contribution in [-0.4, -0.2) is 24.2 Å². The molecule has 2 aliphatic carbocycles. The van der Waals surface area contributed by atoms with Gasteiger partial charge in [0, 0.05) is 11.8 Å². The van der Waals surface area contributed by atoms with Gasteiger partial charge in [-0.15, -0.1) is 0 Å². The van der Waals surface area contributed by atoms with Gasteiger partial charge in [0.15, 0.2) is 0 Å². The Labute approximate surface area is 187 Å². The highest BCUT2D eigenvalue weighted by atomic mass is 16.5. The van der Waals surface area contributed by atoms with Crippen LogP contribution >= 0.6 is 0 Å². The number of fused-ring (bicyclic) bond motifs is 1. The summed E-state index contributed by atoms with van der Waals surface area (Å²) in [5, 5.41) is 13.6. The Bertz CT molecular complexity index is 839. The van der Waals surface area contributed by atoms with Crippen LogP contribution in [0.3, 0.4) is 0 Å². The van der Waals surface area contributed by atoms with Crippen LogP contribution in [-0.2, 0) is 4.79 Å². The second-order valence-electron chi connectivity index (χ2n) is 10.4. The lowest BCUT2D eigenvalue weighted by Gasteiger charge is -2.59. The normalized spacial score (nSPS) is 30.5. The van der Waals surface area contributed by atoms with E-state index < -0.39 is 0 Å². The maximum atomic E-state index is 12.4. The van der Waals surface area contributed by atoms with E-state index in [0.717, 1.165) is 55.5 Å². The predicted octanol–water partition coefficient (Wildman–Crippen LogP) is 6.13. The lowest BCUT2D eigenvalue weighted by molar-refractivity contribution is -0.124. The van der Waals surface area contributed by atoms with Crippen LogP contribution in [0.4, 0.5) is 5.69 Å².